The van der Waals surface area contributed by atoms with Crippen LogP contribution in [0.3, 0.4) is 0 Å². The Labute approximate surface area is 164 Å². The Kier molecular flexibility index (Phi) is 6.74. The lowest BCUT2D eigenvalue weighted by molar-refractivity contribution is 0.554. The zero-order valence-corrected chi connectivity index (χ0v) is 16.9. The largest absolute Gasteiger partial charge is 0.356 e. The summed E-state index contributed by atoms with van der Waals surface area (Å²) in [5.74, 6) is 2.28. The third-order valence-corrected chi connectivity index (χ3v) is 5.73. The van der Waals surface area contributed by atoms with Crippen molar-refractivity contribution in [2.24, 2.45) is 10.9 Å². The second kappa shape index (κ2) is 9.24. The second-order valence-electron chi connectivity index (χ2n) is 6.73. The monoisotopic (exact) mass is 391 g/mol. The number of nitrogens with one attached hydrogen (secondary N) is 2. The van der Waals surface area contributed by atoms with Gasteiger partial charge in [-0.15, -0.1) is 11.3 Å². The summed E-state index contributed by atoms with van der Waals surface area (Å²) in [6.45, 7) is 4.99. The lowest BCUT2D eigenvalue weighted by Gasteiger charge is -2.21. The van der Waals surface area contributed by atoms with Gasteiger partial charge in [0, 0.05) is 43.8 Å². The predicted octanol–water partition coefficient (Wildman–Crippen LogP) is 3.42. The highest BCUT2D eigenvalue weighted by atomic mass is 35.5. The van der Waals surface area contributed by atoms with Gasteiger partial charge in [0.25, 0.3) is 0 Å². The maximum Gasteiger partial charge on any atom is 0.191 e. The van der Waals surface area contributed by atoms with E-state index in [2.05, 4.69) is 49.9 Å². The first-order valence-corrected chi connectivity index (χ1v) is 10.3. The average Bonchev–Trinajstić information content (AvgIpc) is 3.31. The zero-order chi connectivity index (χ0) is 18.4. The van der Waals surface area contributed by atoms with Crippen LogP contribution < -0.4 is 15.5 Å². The molecule has 1 fully saturated rings. The molecule has 0 spiro atoms. The summed E-state index contributed by atoms with van der Waals surface area (Å²) in [5.41, 5.74) is 0. The van der Waals surface area contributed by atoms with E-state index in [9.17, 15) is 0 Å². The van der Waals surface area contributed by atoms with E-state index in [1.807, 2.05) is 30.5 Å². The minimum atomic E-state index is 0.340. The number of halogens is 1. The van der Waals surface area contributed by atoms with E-state index in [-0.39, 0.29) is 0 Å². The van der Waals surface area contributed by atoms with Gasteiger partial charge in [0.1, 0.15) is 5.82 Å². The van der Waals surface area contributed by atoms with Crippen LogP contribution in [0, 0.1) is 5.92 Å². The fourth-order valence-electron chi connectivity index (χ4n) is 3.18. The molecule has 1 aliphatic rings. The molecule has 2 aromatic rings. The van der Waals surface area contributed by atoms with Crippen molar-refractivity contribution in [1.29, 1.82) is 0 Å². The van der Waals surface area contributed by atoms with Crippen molar-refractivity contribution in [3.8, 4) is 0 Å². The van der Waals surface area contributed by atoms with E-state index in [4.69, 9.17) is 11.6 Å². The van der Waals surface area contributed by atoms with Crippen molar-refractivity contribution >= 4 is 34.7 Å². The molecule has 0 bridgehead atoms. The van der Waals surface area contributed by atoms with Gasteiger partial charge in [0.05, 0.1) is 5.02 Å². The van der Waals surface area contributed by atoms with Crippen LogP contribution >= 0.6 is 22.9 Å². The van der Waals surface area contributed by atoms with Crippen LogP contribution in [0.2, 0.25) is 5.02 Å². The van der Waals surface area contributed by atoms with Crippen molar-refractivity contribution in [1.82, 2.24) is 15.6 Å². The van der Waals surface area contributed by atoms with Crippen LogP contribution in [-0.2, 0) is 6.42 Å². The highest BCUT2D eigenvalue weighted by Gasteiger charge is 2.25. The molecule has 3 heterocycles. The first-order chi connectivity index (χ1) is 12.7. The van der Waals surface area contributed by atoms with E-state index >= 15 is 0 Å². The summed E-state index contributed by atoms with van der Waals surface area (Å²) in [4.78, 5) is 12.4. The zero-order valence-electron chi connectivity index (χ0n) is 15.3. The fourth-order valence-corrected chi connectivity index (χ4v) is 4.29. The number of thiophene rings is 1. The van der Waals surface area contributed by atoms with Crippen molar-refractivity contribution in [2.75, 3.05) is 31.6 Å². The van der Waals surface area contributed by atoms with E-state index in [0.29, 0.717) is 17.0 Å². The Morgan fingerprint density at radius 2 is 2.35 bits per heavy atom. The van der Waals surface area contributed by atoms with E-state index in [1.165, 1.54) is 4.88 Å². The fraction of sp³-hybridized carbons (Fsp3) is 0.474. The minimum absolute atomic E-state index is 0.340. The van der Waals surface area contributed by atoms with Gasteiger partial charge in [-0.2, -0.15) is 0 Å². The third-order valence-electron chi connectivity index (χ3n) is 4.54. The van der Waals surface area contributed by atoms with Crippen molar-refractivity contribution in [3.63, 3.8) is 0 Å². The van der Waals surface area contributed by atoms with E-state index in [0.717, 1.165) is 44.3 Å². The maximum absolute atomic E-state index is 6.27. The molecular formula is C19H26ClN5S. The Hall–Kier alpha value is -1.79. The lowest BCUT2D eigenvalue weighted by atomic mass is 10.1. The number of aliphatic imine (C=N–C) groups is 1. The first kappa shape index (κ1) is 19.0. The predicted molar refractivity (Wildman–Crippen MR) is 112 cm³/mol. The highest BCUT2D eigenvalue weighted by Crippen LogP contribution is 2.25. The van der Waals surface area contributed by atoms with Gasteiger partial charge in [-0.1, -0.05) is 24.6 Å². The second-order valence-corrected chi connectivity index (χ2v) is 8.17. The van der Waals surface area contributed by atoms with Gasteiger partial charge in [-0.25, -0.2) is 4.98 Å². The number of hydrogen-bond donors (Lipinski definition) is 2. The molecule has 5 nitrogen and oxygen atoms in total. The molecule has 1 aliphatic heterocycles. The summed E-state index contributed by atoms with van der Waals surface area (Å²) >= 11 is 8.09. The topological polar surface area (TPSA) is 52.6 Å². The molecular weight excluding hydrogens is 366 g/mol. The van der Waals surface area contributed by atoms with Crippen molar-refractivity contribution < 1.29 is 0 Å². The molecule has 2 atom stereocenters. The summed E-state index contributed by atoms with van der Waals surface area (Å²) in [6.07, 6.45) is 3.92. The van der Waals surface area contributed by atoms with E-state index < -0.39 is 0 Å². The molecule has 26 heavy (non-hydrogen) atoms. The maximum atomic E-state index is 6.27. The number of anilines is 1. The molecule has 1 saturated heterocycles. The molecule has 0 aromatic carbocycles. The van der Waals surface area contributed by atoms with Crippen LogP contribution in [0.4, 0.5) is 5.82 Å². The smallest absolute Gasteiger partial charge is 0.191 e. The van der Waals surface area contributed by atoms with Gasteiger partial charge in [-0.3, -0.25) is 4.99 Å². The van der Waals surface area contributed by atoms with Gasteiger partial charge in [-0.05, 0) is 42.3 Å². The van der Waals surface area contributed by atoms with Crippen LogP contribution in [0.25, 0.3) is 0 Å². The number of hydrogen-bond acceptors (Lipinski definition) is 4. The quantitative estimate of drug-likeness (QED) is 0.585. The van der Waals surface area contributed by atoms with Crippen LogP contribution in [0.1, 0.15) is 18.2 Å². The Bertz CT molecular complexity index is 718. The summed E-state index contributed by atoms with van der Waals surface area (Å²) in [7, 11) is 1.82. The Morgan fingerprint density at radius 3 is 3.08 bits per heavy atom. The molecule has 140 valence electrons. The number of guanidine groups is 1. The molecule has 2 aromatic heterocycles. The van der Waals surface area contributed by atoms with Crippen LogP contribution in [0.15, 0.2) is 40.8 Å². The van der Waals surface area contributed by atoms with Crippen LogP contribution in [0.5, 0.6) is 0 Å². The molecule has 0 radical (unpaired) electrons. The van der Waals surface area contributed by atoms with Gasteiger partial charge in [0.2, 0.25) is 0 Å². The Morgan fingerprint density at radius 1 is 1.46 bits per heavy atom. The number of nitrogens with zero attached hydrogens (tertiary/aromatic N) is 3. The highest BCUT2D eigenvalue weighted by molar-refractivity contribution is 7.09. The standard InChI is InChI=1S/C19H26ClN5S/c1-14(11-16-5-4-10-26-16)12-23-19(21-2)24-15-7-9-25(13-15)18-17(20)6-3-8-22-18/h3-6,8,10,14-15H,7,9,11-13H2,1-2H3,(H2,21,23,24). The average molecular weight is 392 g/mol. The number of rotatable bonds is 6. The van der Waals surface area contributed by atoms with Crippen molar-refractivity contribution in [2.45, 2.75) is 25.8 Å². The number of pyridine rings is 1. The molecule has 0 saturated carbocycles. The number of aromatic nitrogens is 1. The summed E-state index contributed by atoms with van der Waals surface area (Å²) in [5, 5.41) is 9.83. The molecule has 0 amide bonds. The lowest BCUT2D eigenvalue weighted by Crippen LogP contribution is -2.45. The normalized spacial score (nSPS) is 18.8. The van der Waals surface area contributed by atoms with Crippen molar-refractivity contribution in [3.05, 3.63) is 45.7 Å². The van der Waals surface area contributed by atoms with Gasteiger partial charge in [0.15, 0.2) is 5.96 Å². The summed E-state index contributed by atoms with van der Waals surface area (Å²) < 4.78 is 0. The molecule has 7 heteroatoms. The van der Waals surface area contributed by atoms with Gasteiger partial charge < -0.3 is 15.5 Å². The van der Waals surface area contributed by atoms with Gasteiger partial charge >= 0.3 is 0 Å². The van der Waals surface area contributed by atoms with E-state index in [1.54, 1.807) is 6.20 Å². The third kappa shape index (κ3) is 5.11. The minimum Gasteiger partial charge on any atom is -0.356 e. The SMILES string of the molecule is CN=C(NCC(C)Cc1cccs1)NC1CCN(c2ncccc2Cl)C1. The molecule has 0 aliphatic carbocycles. The molecule has 2 unspecified atom stereocenters. The summed E-state index contributed by atoms with van der Waals surface area (Å²) in [6, 6.07) is 8.40. The molecule has 2 N–H and O–H groups in total. The van der Waals surface area contributed by atoms with Crippen LogP contribution in [-0.4, -0.2) is 43.7 Å². The first-order valence-electron chi connectivity index (χ1n) is 9.00. The molecule has 3 rings (SSSR count). The Balaban J connectivity index is 1.46.